The van der Waals surface area contributed by atoms with Crippen molar-refractivity contribution in [1.29, 1.82) is 0 Å². The standard InChI is InChI=1S/C23H28N4O/c1-13-7-6-8-14(2)19(13)12-24-22-21-18(16(4)17(5)25-21)11-20(26-22)23(28)27-10-9-15(27)3/h6-8,11,15,25H,9-10,12H2,1-5H3,(H,24,26)/t15-/m0/s1. The molecule has 1 atom stereocenters. The Balaban J connectivity index is 1.73. The van der Waals surface area contributed by atoms with Crippen LogP contribution in [0.4, 0.5) is 5.82 Å². The first-order valence-corrected chi connectivity index (χ1v) is 9.96. The average Bonchev–Trinajstić information content (AvgIpc) is 2.94. The number of aromatic nitrogens is 2. The molecule has 3 aromatic rings. The lowest BCUT2D eigenvalue weighted by molar-refractivity contribution is 0.0496. The molecule has 0 aliphatic carbocycles. The Morgan fingerprint density at radius 1 is 1.25 bits per heavy atom. The molecule has 1 aliphatic rings. The fraction of sp³-hybridized carbons (Fsp3) is 0.391. The maximum atomic E-state index is 13.0. The summed E-state index contributed by atoms with van der Waals surface area (Å²) >= 11 is 0. The van der Waals surface area contributed by atoms with Gasteiger partial charge in [0.2, 0.25) is 0 Å². The van der Waals surface area contributed by atoms with Gasteiger partial charge < -0.3 is 15.2 Å². The van der Waals surface area contributed by atoms with Crippen molar-refractivity contribution in [3.05, 3.63) is 57.9 Å². The number of likely N-dealkylation sites (tertiary alicyclic amines) is 1. The van der Waals surface area contributed by atoms with Gasteiger partial charge in [-0.3, -0.25) is 4.79 Å². The Hall–Kier alpha value is -2.82. The van der Waals surface area contributed by atoms with Crippen molar-refractivity contribution >= 4 is 22.6 Å². The van der Waals surface area contributed by atoms with Crippen molar-refractivity contribution in [3.63, 3.8) is 0 Å². The molecule has 28 heavy (non-hydrogen) atoms. The van der Waals surface area contributed by atoms with Gasteiger partial charge in [0.1, 0.15) is 5.69 Å². The van der Waals surface area contributed by atoms with Crippen molar-refractivity contribution in [2.45, 2.75) is 53.6 Å². The molecule has 1 saturated heterocycles. The molecule has 0 bridgehead atoms. The smallest absolute Gasteiger partial charge is 0.272 e. The van der Waals surface area contributed by atoms with Gasteiger partial charge in [-0.1, -0.05) is 18.2 Å². The fourth-order valence-electron chi connectivity index (χ4n) is 3.95. The molecular formula is C23H28N4O. The van der Waals surface area contributed by atoms with Crippen molar-refractivity contribution in [1.82, 2.24) is 14.9 Å². The number of benzene rings is 1. The summed E-state index contributed by atoms with van der Waals surface area (Å²) in [6.45, 7) is 12.0. The van der Waals surface area contributed by atoms with Gasteiger partial charge >= 0.3 is 0 Å². The van der Waals surface area contributed by atoms with E-state index in [9.17, 15) is 4.79 Å². The molecular weight excluding hydrogens is 348 g/mol. The van der Waals surface area contributed by atoms with Crippen LogP contribution in [0.5, 0.6) is 0 Å². The number of carbonyl (C=O) groups excluding carboxylic acids is 1. The molecule has 3 heterocycles. The molecule has 0 spiro atoms. The highest BCUT2D eigenvalue weighted by Gasteiger charge is 2.30. The van der Waals surface area contributed by atoms with E-state index in [1.165, 1.54) is 22.3 Å². The van der Waals surface area contributed by atoms with Crippen molar-refractivity contribution in [3.8, 4) is 0 Å². The summed E-state index contributed by atoms with van der Waals surface area (Å²) in [5, 5.41) is 4.56. The van der Waals surface area contributed by atoms with E-state index in [0.29, 0.717) is 18.3 Å². The zero-order valence-electron chi connectivity index (χ0n) is 17.3. The Bertz CT molecular complexity index is 1050. The summed E-state index contributed by atoms with van der Waals surface area (Å²) in [5.74, 6) is 0.766. The third-order valence-corrected chi connectivity index (χ3v) is 6.18. The van der Waals surface area contributed by atoms with Crippen LogP contribution in [0.25, 0.3) is 10.9 Å². The summed E-state index contributed by atoms with van der Waals surface area (Å²) in [6, 6.07) is 8.56. The second-order valence-electron chi connectivity index (χ2n) is 8.01. The highest BCUT2D eigenvalue weighted by atomic mass is 16.2. The van der Waals surface area contributed by atoms with Gasteiger partial charge in [-0.25, -0.2) is 4.98 Å². The number of aryl methyl sites for hydroxylation is 4. The normalized spacial score (nSPS) is 16.3. The van der Waals surface area contributed by atoms with Crippen LogP contribution in [0, 0.1) is 27.7 Å². The molecule has 1 aliphatic heterocycles. The number of nitrogens with zero attached hydrogens (tertiary/aromatic N) is 2. The number of rotatable bonds is 4. The summed E-state index contributed by atoms with van der Waals surface area (Å²) in [4.78, 5) is 23.0. The predicted octanol–water partition coefficient (Wildman–Crippen LogP) is 4.64. The molecule has 2 N–H and O–H groups in total. The third-order valence-electron chi connectivity index (χ3n) is 6.18. The van der Waals surface area contributed by atoms with Gasteiger partial charge in [0.25, 0.3) is 5.91 Å². The molecule has 1 fully saturated rings. The van der Waals surface area contributed by atoms with E-state index in [-0.39, 0.29) is 5.91 Å². The Morgan fingerprint density at radius 2 is 1.96 bits per heavy atom. The van der Waals surface area contributed by atoms with E-state index in [1.807, 2.05) is 11.0 Å². The zero-order chi connectivity index (χ0) is 20.0. The first kappa shape index (κ1) is 18.5. The highest BCUT2D eigenvalue weighted by Crippen LogP contribution is 2.29. The Labute approximate surface area is 166 Å². The number of amides is 1. The minimum Gasteiger partial charge on any atom is -0.364 e. The first-order chi connectivity index (χ1) is 13.4. The van der Waals surface area contributed by atoms with Gasteiger partial charge in [0.05, 0.1) is 5.52 Å². The molecule has 0 radical (unpaired) electrons. The SMILES string of the molecule is Cc1cccc(C)c1CNc1nc(C(=O)N2CC[C@@H]2C)cc2c(C)c(C)[nH]c12. The highest BCUT2D eigenvalue weighted by molar-refractivity contribution is 6.01. The lowest BCUT2D eigenvalue weighted by Gasteiger charge is -2.38. The zero-order valence-corrected chi connectivity index (χ0v) is 17.3. The largest absolute Gasteiger partial charge is 0.364 e. The number of fused-ring (bicyclic) bond motifs is 1. The van der Waals surface area contributed by atoms with Crippen LogP contribution in [0.3, 0.4) is 0 Å². The van der Waals surface area contributed by atoms with Gasteiger partial charge in [-0.2, -0.15) is 0 Å². The van der Waals surface area contributed by atoms with E-state index < -0.39 is 0 Å². The van der Waals surface area contributed by atoms with E-state index in [1.54, 1.807) is 0 Å². The van der Waals surface area contributed by atoms with Crippen LogP contribution >= 0.6 is 0 Å². The number of aromatic amines is 1. The number of H-pyrrole nitrogens is 1. The molecule has 146 valence electrons. The number of carbonyl (C=O) groups is 1. The minimum atomic E-state index is 0.0222. The molecule has 5 heteroatoms. The number of nitrogens with one attached hydrogen (secondary N) is 2. The van der Waals surface area contributed by atoms with E-state index >= 15 is 0 Å². The third kappa shape index (κ3) is 3.05. The Kier molecular flexibility index (Phi) is 4.61. The summed E-state index contributed by atoms with van der Waals surface area (Å²) in [6.07, 6.45) is 1.06. The lowest BCUT2D eigenvalue weighted by Crippen LogP contribution is -2.49. The molecule has 5 nitrogen and oxygen atoms in total. The molecule has 1 aromatic carbocycles. The number of hydrogen-bond acceptors (Lipinski definition) is 3. The van der Waals surface area contributed by atoms with Gasteiger partial charge in [0, 0.05) is 30.2 Å². The second-order valence-corrected chi connectivity index (χ2v) is 8.01. The van der Waals surface area contributed by atoms with Crippen LogP contribution in [-0.4, -0.2) is 33.4 Å². The maximum absolute atomic E-state index is 13.0. The number of anilines is 1. The predicted molar refractivity (Wildman–Crippen MR) is 114 cm³/mol. The number of hydrogen-bond donors (Lipinski definition) is 2. The quantitative estimate of drug-likeness (QED) is 0.697. The van der Waals surface area contributed by atoms with Crippen LogP contribution in [0.2, 0.25) is 0 Å². The second kappa shape index (κ2) is 6.97. The maximum Gasteiger partial charge on any atom is 0.272 e. The molecule has 4 rings (SSSR count). The molecule has 0 unspecified atom stereocenters. The molecule has 1 amide bonds. The van der Waals surface area contributed by atoms with Gasteiger partial charge in [-0.15, -0.1) is 0 Å². The average molecular weight is 377 g/mol. The van der Waals surface area contributed by atoms with Gasteiger partial charge in [-0.05, 0) is 69.4 Å². The molecule has 0 saturated carbocycles. The number of pyridine rings is 1. The van der Waals surface area contributed by atoms with Crippen molar-refractivity contribution in [2.75, 3.05) is 11.9 Å². The summed E-state index contributed by atoms with van der Waals surface area (Å²) < 4.78 is 0. The van der Waals surface area contributed by atoms with E-state index in [4.69, 9.17) is 4.98 Å². The minimum absolute atomic E-state index is 0.0222. The van der Waals surface area contributed by atoms with E-state index in [2.05, 4.69) is 63.1 Å². The van der Waals surface area contributed by atoms with E-state index in [0.717, 1.165) is 35.4 Å². The summed E-state index contributed by atoms with van der Waals surface area (Å²) in [7, 11) is 0. The van der Waals surface area contributed by atoms with Crippen molar-refractivity contribution in [2.24, 2.45) is 0 Å². The van der Waals surface area contributed by atoms with Crippen LogP contribution in [0.15, 0.2) is 24.3 Å². The topological polar surface area (TPSA) is 61.0 Å². The Morgan fingerprint density at radius 3 is 2.57 bits per heavy atom. The van der Waals surface area contributed by atoms with Crippen LogP contribution in [0.1, 0.15) is 51.8 Å². The molecule has 2 aromatic heterocycles. The lowest BCUT2D eigenvalue weighted by atomic mass is 10.0. The van der Waals surface area contributed by atoms with Crippen LogP contribution in [-0.2, 0) is 6.54 Å². The first-order valence-electron chi connectivity index (χ1n) is 9.96. The monoisotopic (exact) mass is 376 g/mol. The fourth-order valence-corrected chi connectivity index (χ4v) is 3.95. The van der Waals surface area contributed by atoms with Crippen LogP contribution < -0.4 is 5.32 Å². The summed E-state index contributed by atoms with van der Waals surface area (Å²) in [5.41, 5.74) is 7.53. The van der Waals surface area contributed by atoms with Crippen molar-refractivity contribution < 1.29 is 4.79 Å². The van der Waals surface area contributed by atoms with Gasteiger partial charge in [0.15, 0.2) is 5.82 Å².